The lowest BCUT2D eigenvalue weighted by molar-refractivity contribution is -0.142. The highest BCUT2D eigenvalue weighted by Crippen LogP contribution is 2.65. The summed E-state index contributed by atoms with van der Waals surface area (Å²) in [6, 6.07) is 0.416. The molecule has 2 saturated carbocycles. The third-order valence-electron chi connectivity index (χ3n) is 6.21. The summed E-state index contributed by atoms with van der Waals surface area (Å²) >= 11 is 0. The van der Waals surface area contributed by atoms with Gasteiger partial charge >= 0.3 is 0 Å². The van der Waals surface area contributed by atoms with Crippen LogP contribution in [-0.4, -0.2) is 36.2 Å². The molecule has 0 aromatic carbocycles. The second kappa shape index (κ2) is 4.45. The van der Waals surface area contributed by atoms with Crippen LogP contribution in [0.4, 0.5) is 0 Å². The van der Waals surface area contributed by atoms with Crippen molar-refractivity contribution in [3.8, 4) is 0 Å². The smallest absolute Gasteiger partial charge is 0.229 e. The Morgan fingerprint density at radius 3 is 2.74 bits per heavy atom. The molecule has 1 saturated heterocycles. The summed E-state index contributed by atoms with van der Waals surface area (Å²) in [7, 11) is 0. The van der Waals surface area contributed by atoms with Gasteiger partial charge in [0, 0.05) is 12.6 Å². The summed E-state index contributed by atoms with van der Waals surface area (Å²) in [4.78, 5) is 12.7. The van der Waals surface area contributed by atoms with Crippen molar-refractivity contribution in [3.05, 3.63) is 0 Å². The molecular formula is C15H26N2O2. The molecule has 4 nitrogen and oxygen atoms in total. The van der Waals surface area contributed by atoms with Crippen LogP contribution in [0.1, 0.15) is 46.0 Å². The van der Waals surface area contributed by atoms with Crippen molar-refractivity contribution in [1.29, 1.82) is 0 Å². The van der Waals surface area contributed by atoms with Crippen LogP contribution in [0.25, 0.3) is 0 Å². The van der Waals surface area contributed by atoms with Gasteiger partial charge in [0.15, 0.2) is 0 Å². The number of hydrogen-bond donors (Lipinski definition) is 3. The summed E-state index contributed by atoms with van der Waals surface area (Å²) in [5.41, 5.74) is -0.615. The van der Waals surface area contributed by atoms with Crippen molar-refractivity contribution in [2.45, 2.75) is 58.1 Å². The monoisotopic (exact) mass is 266 g/mol. The Balaban J connectivity index is 1.70. The quantitative estimate of drug-likeness (QED) is 0.715. The lowest BCUT2D eigenvalue weighted by Crippen LogP contribution is -2.53. The van der Waals surface area contributed by atoms with E-state index in [2.05, 4.69) is 24.5 Å². The minimum absolute atomic E-state index is 0.0698. The maximum atomic E-state index is 12.7. The zero-order chi connectivity index (χ0) is 13.7. The summed E-state index contributed by atoms with van der Waals surface area (Å²) in [6.07, 6.45) is 4.60. The highest BCUT2D eigenvalue weighted by Gasteiger charge is 2.67. The van der Waals surface area contributed by atoms with Crippen LogP contribution < -0.4 is 10.6 Å². The van der Waals surface area contributed by atoms with Crippen molar-refractivity contribution in [2.75, 3.05) is 13.1 Å². The Morgan fingerprint density at radius 2 is 2.21 bits per heavy atom. The van der Waals surface area contributed by atoms with Crippen molar-refractivity contribution < 1.29 is 9.90 Å². The van der Waals surface area contributed by atoms with Crippen LogP contribution in [-0.2, 0) is 4.79 Å². The second-order valence-electron chi connectivity index (χ2n) is 7.18. The van der Waals surface area contributed by atoms with Gasteiger partial charge in [-0.1, -0.05) is 13.8 Å². The van der Waals surface area contributed by atoms with Crippen molar-refractivity contribution in [1.82, 2.24) is 10.6 Å². The third-order valence-corrected chi connectivity index (χ3v) is 6.21. The highest BCUT2D eigenvalue weighted by molar-refractivity contribution is 5.85. The van der Waals surface area contributed by atoms with Gasteiger partial charge in [-0.2, -0.15) is 0 Å². The lowest BCUT2D eigenvalue weighted by atomic mass is 9.67. The van der Waals surface area contributed by atoms with E-state index in [1.54, 1.807) is 0 Å². The van der Waals surface area contributed by atoms with Crippen molar-refractivity contribution >= 4 is 5.91 Å². The molecule has 1 amide bonds. The molecule has 4 heteroatoms. The second-order valence-corrected chi connectivity index (χ2v) is 7.18. The van der Waals surface area contributed by atoms with Crippen LogP contribution in [0, 0.1) is 16.7 Å². The molecule has 3 rings (SSSR count). The van der Waals surface area contributed by atoms with Crippen LogP contribution in [0.3, 0.4) is 0 Å². The first-order valence-corrected chi connectivity index (χ1v) is 7.68. The summed E-state index contributed by atoms with van der Waals surface area (Å²) in [5, 5.41) is 16.9. The Bertz CT molecular complexity index is 376. The standard InChI is InChI=1S/C15H26N2O2/c1-14(2)10-5-6-15(14,12(18)8-10)13(19)17-9-11-4-3-7-16-11/h10-12,16,18H,3-9H2,1-2H3,(H,17,19)/t10-,11+,12?,15+/m1/s1. The van der Waals surface area contributed by atoms with E-state index >= 15 is 0 Å². The van der Waals surface area contributed by atoms with Gasteiger partial charge in [-0.25, -0.2) is 0 Å². The van der Waals surface area contributed by atoms with E-state index in [1.165, 1.54) is 6.42 Å². The number of nitrogens with one attached hydrogen (secondary N) is 2. The molecule has 2 bridgehead atoms. The largest absolute Gasteiger partial charge is 0.392 e. The molecule has 19 heavy (non-hydrogen) atoms. The van der Waals surface area contributed by atoms with Crippen LogP contribution in [0.2, 0.25) is 0 Å². The van der Waals surface area contributed by atoms with Gasteiger partial charge in [0.2, 0.25) is 5.91 Å². The van der Waals surface area contributed by atoms with E-state index < -0.39 is 11.5 Å². The van der Waals surface area contributed by atoms with Gasteiger partial charge in [0.25, 0.3) is 0 Å². The number of carbonyl (C=O) groups excluding carboxylic acids is 1. The molecule has 0 spiro atoms. The molecule has 2 aliphatic carbocycles. The zero-order valence-corrected chi connectivity index (χ0v) is 12.0. The van der Waals surface area contributed by atoms with Gasteiger partial charge < -0.3 is 15.7 Å². The maximum absolute atomic E-state index is 12.7. The Hall–Kier alpha value is -0.610. The number of aliphatic hydroxyl groups is 1. The van der Waals surface area contributed by atoms with Crippen LogP contribution in [0.5, 0.6) is 0 Å². The number of carbonyl (C=O) groups is 1. The Kier molecular flexibility index (Phi) is 3.13. The normalized spacial score (nSPS) is 43.6. The lowest BCUT2D eigenvalue weighted by Gasteiger charge is -2.39. The SMILES string of the molecule is CC1(C)[C@@H]2CC[C@@]1(C(=O)NC[C@@H]1CCCN1)C(O)C2. The molecule has 0 aromatic rings. The molecule has 3 fully saturated rings. The van der Waals surface area contributed by atoms with E-state index in [1.807, 2.05) is 0 Å². The first-order chi connectivity index (χ1) is 8.98. The van der Waals surface area contributed by atoms with E-state index in [4.69, 9.17) is 0 Å². The minimum Gasteiger partial charge on any atom is -0.392 e. The molecule has 1 unspecified atom stereocenters. The number of hydrogen-bond acceptors (Lipinski definition) is 3. The van der Waals surface area contributed by atoms with Gasteiger partial charge in [0.05, 0.1) is 11.5 Å². The summed E-state index contributed by atoms with van der Waals surface area (Å²) in [5.74, 6) is 0.580. The van der Waals surface area contributed by atoms with E-state index in [0.717, 1.165) is 32.2 Å². The average Bonchev–Trinajstić information content (AvgIpc) is 3.00. The highest BCUT2D eigenvalue weighted by atomic mass is 16.3. The van der Waals surface area contributed by atoms with Crippen LogP contribution in [0.15, 0.2) is 0 Å². The van der Waals surface area contributed by atoms with E-state index in [0.29, 0.717) is 18.5 Å². The summed E-state index contributed by atoms with van der Waals surface area (Å²) in [6.45, 7) is 6.08. The molecule has 108 valence electrons. The minimum atomic E-state index is -0.545. The molecule has 0 aromatic heterocycles. The van der Waals surface area contributed by atoms with Crippen molar-refractivity contribution in [3.63, 3.8) is 0 Å². The third kappa shape index (κ3) is 1.76. The number of aliphatic hydroxyl groups excluding tert-OH is 1. The predicted molar refractivity (Wildman–Crippen MR) is 73.6 cm³/mol. The van der Waals surface area contributed by atoms with Crippen molar-refractivity contribution in [2.24, 2.45) is 16.7 Å². The molecule has 0 radical (unpaired) electrons. The number of rotatable bonds is 3. The van der Waals surface area contributed by atoms with E-state index in [9.17, 15) is 9.90 Å². The Labute approximate surface area is 115 Å². The first kappa shape index (κ1) is 13.4. The van der Waals surface area contributed by atoms with Gasteiger partial charge in [0.1, 0.15) is 0 Å². The number of fused-ring (bicyclic) bond motifs is 2. The molecule has 3 aliphatic rings. The van der Waals surface area contributed by atoms with Crippen LogP contribution >= 0.6 is 0 Å². The molecular weight excluding hydrogens is 240 g/mol. The number of amides is 1. The first-order valence-electron chi connectivity index (χ1n) is 7.68. The molecule has 1 aliphatic heterocycles. The fraction of sp³-hybridized carbons (Fsp3) is 0.933. The average molecular weight is 266 g/mol. The maximum Gasteiger partial charge on any atom is 0.229 e. The molecule has 1 heterocycles. The summed E-state index contributed by atoms with van der Waals surface area (Å²) < 4.78 is 0. The molecule has 3 N–H and O–H groups in total. The molecule has 4 atom stereocenters. The van der Waals surface area contributed by atoms with Gasteiger partial charge in [-0.05, 0) is 50.0 Å². The topological polar surface area (TPSA) is 61.4 Å². The van der Waals surface area contributed by atoms with E-state index in [-0.39, 0.29) is 11.3 Å². The fourth-order valence-electron chi connectivity index (χ4n) is 4.79. The zero-order valence-electron chi connectivity index (χ0n) is 12.0. The van der Waals surface area contributed by atoms with Gasteiger partial charge in [-0.3, -0.25) is 4.79 Å². The predicted octanol–water partition coefficient (Wildman–Crippen LogP) is 1.04. The Morgan fingerprint density at radius 1 is 1.42 bits per heavy atom. The fourth-order valence-corrected chi connectivity index (χ4v) is 4.79. The van der Waals surface area contributed by atoms with Gasteiger partial charge in [-0.15, -0.1) is 0 Å².